The molecule has 1 aromatic carbocycles. The van der Waals surface area contributed by atoms with Gasteiger partial charge in [-0.25, -0.2) is 0 Å². The van der Waals surface area contributed by atoms with Crippen LogP contribution in [0.25, 0.3) is 11.3 Å². The maximum Gasteiger partial charge on any atom is 0.145 e. The zero-order valence-corrected chi connectivity index (χ0v) is 19.3. The van der Waals surface area contributed by atoms with Gasteiger partial charge >= 0.3 is 0 Å². The Balaban J connectivity index is 1.48. The van der Waals surface area contributed by atoms with Gasteiger partial charge in [0.15, 0.2) is 0 Å². The number of allylic oxidation sites excluding steroid dienone is 3. The van der Waals surface area contributed by atoms with E-state index in [0.29, 0.717) is 37.0 Å². The van der Waals surface area contributed by atoms with E-state index in [1.54, 1.807) is 6.08 Å². The largest absolute Gasteiger partial charge is 0.373 e. The number of benzene rings is 1. The van der Waals surface area contributed by atoms with Crippen LogP contribution >= 0.6 is 31.9 Å². The standard InChI is InChI=1S/C23H25Cl2N2O2P/c1-3-6-16(4-2)27-12-11-17(14-30-27)28-13-18-22(26-29-23(18)15-9-10-15)21-19(24)7-5-8-20(21)25/h3-8,15,17,30H,1-2,9-14H2/b16-6+. The van der Waals surface area contributed by atoms with Crippen molar-refractivity contribution in [3.05, 3.63) is 76.7 Å². The van der Waals surface area contributed by atoms with Crippen LogP contribution in [0.5, 0.6) is 0 Å². The number of hydrogen-bond acceptors (Lipinski definition) is 4. The minimum Gasteiger partial charge on any atom is -0.373 e. The molecule has 1 aliphatic heterocycles. The van der Waals surface area contributed by atoms with Crippen LogP contribution in [0.2, 0.25) is 10.0 Å². The minimum absolute atomic E-state index is 0.200. The second kappa shape index (κ2) is 9.70. The normalized spacial score (nSPS) is 20.5. The molecule has 2 fully saturated rings. The van der Waals surface area contributed by atoms with Gasteiger partial charge in [-0.2, -0.15) is 0 Å². The Bertz CT molecular complexity index is 940. The Hall–Kier alpha value is -1.58. The summed E-state index contributed by atoms with van der Waals surface area (Å²) in [5.41, 5.74) is 3.52. The summed E-state index contributed by atoms with van der Waals surface area (Å²) in [5, 5.41) is 5.48. The fourth-order valence-electron chi connectivity index (χ4n) is 3.67. The summed E-state index contributed by atoms with van der Waals surface area (Å²) in [4.78, 5) is 0. The molecule has 2 heterocycles. The molecule has 2 atom stereocenters. The number of aromatic nitrogens is 1. The van der Waals surface area contributed by atoms with E-state index >= 15 is 0 Å². The summed E-state index contributed by atoms with van der Waals surface area (Å²) in [6.07, 6.45) is 10.1. The Morgan fingerprint density at radius 3 is 2.63 bits per heavy atom. The van der Waals surface area contributed by atoms with Crippen LogP contribution in [0.15, 0.2) is 59.8 Å². The van der Waals surface area contributed by atoms with Gasteiger partial charge in [0.1, 0.15) is 11.5 Å². The molecule has 0 spiro atoms. The predicted octanol–water partition coefficient (Wildman–Crippen LogP) is 6.97. The van der Waals surface area contributed by atoms with Crippen molar-refractivity contribution in [1.29, 1.82) is 0 Å². The van der Waals surface area contributed by atoms with Gasteiger partial charge in [-0.05, 0) is 52.3 Å². The Morgan fingerprint density at radius 1 is 1.27 bits per heavy atom. The molecule has 2 aliphatic rings. The molecule has 4 rings (SSSR count). The van der Waals surface area contributed by atoms with E-state index in [-0.39, 0.29) is 6.10 Å². The molecule has 7 heteroatoms. The number of nitrogens with zero attached hydrogens (tertiary/aromatic N) is 2. The summed E-state index contributed by atoms with van der Waals surface area (Å²) >= 11 is 12.9. The molecule has 1 saturated carbocycles. The van der Waals surface area contributed by atoms with Crippen molar-refractivity contribution in [3.8, 4) is 11.3 Å². The number of halogens is 2. The highest BCUT2D eigenvalue weighted by molar-refractivity contribution is 7.35. The third-order valence-corrected chi connectivity index (χ3v) is 7.55. The van der Waals surface area contributed by atoms with Crippen molar-refractivity contribution in [2.45, 2.75) is 37.9 Å². The summed E-state index contributed by atoms with van der Waals surface area (Å²) < 4.78 is 14.4. The first-order valence-electron chi connectivity index (χ1n) is 10.1. The molecule has 2 unspecified atom stereocenters. The van der Waals surface area contributed by atoms with Gasteiger partial charge in [-0.15, -0.1) is 0 Å². The lowest BCUT2D eigenvalue weighted by Crippen LogP contribution is -2.30. The van der Waals surface area contributed by atoms with E-state index in [9.17, 15) is 0 Å². The Kier molecular flexibility index (Phi) is 7.00. The van der Waals surface area contributed by atoms with E-state index in [1.165, 1.54) is 0 Å². The average Bonchev–Trinajstić information content (AvgIpc) is 3.51. The van der Waals surface area contributed by atoms with Gasteiger partial charge in [-0.3, -0.25) is 0 Å². The van der Waals surface area contributed by atoms with Crippen LogP contribution in [-0.2, 0) is 11.3 Å². The first-order chi connectivity index (χ1) is 14.6. The van der Waals surface area contributed by atoms with Crippen molar-refractivity contribution >= 4 is 31.9 Å². The van der Waals surface area contributed by atoms with E-state index in [1.807, 2.05) is 30.4 Å². The van der Waals surface area contributed by atoms with Gasteiger partial charge in [0.05, 0.1) is 22.8 Å². The van der Waals surface area contributed by atoms with Crippen LogP contribution in [0, 0.1) is 0 Å². The van der Waals surface area contributed by atoms with Gasteiger partial charge in [0.25, 0.3) is 0 Å². The third-order valence-electron chi connectivity index (χ3n) is 5.42. The molecule has 0 amide bonds. The van der Waals surface area contributed by atoms with Crippen LogP contribution in [0.4, 0.5) is 0 Å². The third kappa shape index (κ3) is 4.68. The van der Waals surface area contributed by atoms with Crippen molar-refractivity contribution in [2.75, 3.05) is 12.7 Å². The lowest BCUT2D eigenvalue weighted by Gasteiger charge is -2.33. The molecule has 4 nitrogen and oxygen atoms in total. The van der Waals surface area contributed by atoms with Crippen molar-refractivity contribution < 1.29 is 9.26 Å². The molecule has 1 saturated heterocycles. The molecule has 158 valence electrons. The maximum absolute atomic E-state index is 6.44. The second-order valence-corrected chi connectivity index (χ2v) is 9.59. The molecule has 2 aromatic rings. The SMILES string of the molecule is C=C/C=C(\C=C)N1CCC(OCc2c(-c3c(Cl)cccc3Cl)noc2C2CC2)CP1. The topological polar surface area (TPSA) is 38.5 Å². The van der Waals surface area contributed by atoms with Crippen molar-refractivity contribution in [2.24, 2.45) is 0 Å². The van der Waals surface area contributed by atoms with Gasteiger partial charge < -0.3 is 13.9 Å². The maximum atomic E-state index is 6.44. The van der Waals surface area contributed by atoms with E-state index in [2.05, 4.69) is 23.0 Å². The molecule has 0 radical (unpaired) electrons. The number of hydrogen-bond donors (Lipinski definition) is 0. The molecule has 0 N–H and O–H groups in total. The molecular formula is C23H25Cl2N2O2P. The highest BCUT2D eigenvalue weighted by Crippen LogP contribution is 2.46. The zero-order chi connectivity index (χ0) is 21.1. The Labute approximate surface area is 189 Å². The highest BCUT2D eigenvalue weighted by Gasteiger charge is 2.34. The fraction of sp³-hybridized carbons (Fsp3) is 0.348. The van der Waals surface area contributed by atoms with E-state index in [0.717, 1.165) is 54.6 Å². The summed E-state index contributed by atoms with van der Waals surface area (Å²) in [6, 6.07) is 5.48. The predicted molar refractivity (Wildman–Crippen MR) is 125 cm³/mol. The lowest BCUT2D eigenvalue weighted by molar-refractivity contribution is 0.0435. The van der Waals surface area contributed by atoms with E-state index < -0.39 is 0 Å². The first kappa shape index (κ1) is 21.6. The first-order valence-corrected chi connectivity index (χ1v) is 12.0. The fourth-order valence-corrected chi connectivity index (χ4v) is 5.63. The van der Waals surface area contributed by atoms with E-state index in [4.69, 9.17) is 32.5 Å². The van der Waals surface area contributed by atoms with Crippen molar-refractivity contribution in [1.82, 2.24) is 9.83 Å². The molecule has 0 bridgehead atoms. The van der Waals surface area contributed by atoms with Gasteiger partial charge in [0.2, 0.25) is 0 Å². The van der Waals surface area contributed by atoms with Crippen LogP contribution < -0.4 is 0 Å². The van der Waals surface area contributed by atoms with Crippen LogP contribution in [-0.4, -0.2) is 28.6 Å². The number of ether oxygens (including phenoxy) is 1. The van der Waals surface area contributed by atoms with Crippen LogP contribution in [0.1, 0.15) is 36.5 Å². The molecule has 1 aliphatic carbocycles. The quantitative estimate of drug-likeness (QED) is 0.313. The molecule has 1 aromatic heterocycles. The summed E-state index contributed by atoms with van der Waals surface area (Å²) in [7, 11) is 0.656. The zero-order valence-electron chi connectivity index (χ0n) is 16.7. The molecular weight excluding hydrogens is 438 g/mol. The van der Waals surface area contributed by atoms with Crippen LogP contribution in [0.3, 0.4) is 0 Å². The summed E-state index contributed by atoms with van der Waals surface area (Å²) in [5.74, 6) is 1.35. The smallest absolute Gasteiger partial charge is 0.145 e. The summed E-state index contributed by atoms with van der Waals surface area (Å²) in [6.45, 7) is 9.09. The van der Waals surface area contributed by atoms with Gasteiger partial charge in [0, 0.05) is 35.4 Å². The number of rotatable bonds is 8. The Morgan fingerprint density at radius 2 is 2.03 bits per heavy atom. The molecule has 30 heavy (non-hydrogen) atoms. The van der Waals surface area contributed by atoms with Crippen molar-refractivity contribution in [3.63, 3.8) is 0 Å². The van der Waals surface area contributed by atoms with Gasteiger partial charge in [-0.1, -0.05) is 53.7 Å². The lowest BCUT2D eigenvalue weighted by atomic mass is 10.0. The minimum atomic E-state index is 0.200. The second-order valence-electron chi connectivity index (χ2n) is 7.51. The monoisotopic (exact) mass is 462 g/mol. The highest BCUT2D eigenvalue weighted by atomic mass is 35.5. The average molecular weight is 463 g/mol.